The molecule has 2 aromatic rings. The van der Waals surface area contributed by atoms with Gasteiger partial charge in [-0.15, -0.1) is 0 Å². The molecule has 0 fully saturated rings. The number of hydrogen-bond acceptors (Lipinski definition) is 2. The van der Waals surface area contributed by atoms with Crippen LogP contribution in [0.5, 0.6) is 0 Å². The van der Waals surface area contributed by atoms with E-state index in [-0.39, 0.29) is 18.4 Å². The number of hydrogen-bond donors (Lipinski definition) is 1. The molecule has 0 saturated carbocycles. The molecule has 0 saturated heterocycles. The van der Waals surface area contributed by atoms with Gasteiger partial charge >= 0.3 is 0 Å². The number of amides is 2. The summed E-state index contributed by atoms with van der Waals surface area (Å²) >= 11 is 0. The van der Waals surface area contributed by atoms with E-state index in [0.29, 0.717) is 0 Å². The van der Waals surface area contributed by atoms with Crippen molar-refractivity contribution in [1.82, 2.24) is 0 Å². The fourth-order valence-corrected chi connectivity index (χ4v) is 2.76. The van der Waals surface area contributed by atoms with Crippen LogP contribution in [0, 0.1) is 13.8 Å². The number of benzene rings is 2. The Morgan fingerprint density at radius 3 is 2.29 bits per heavy atom. The van der Waals surface area contributed by atoms with Gasteiger partial charge in [0.2, 0.25) is 11.8 Å². The third-order valence-electron chi connectivity index (χ3n) is 4.09. The zero-order valence-electron chi connectivity index (χ0n) is 14.7. The summed E-state index contributed by atoms with van der Waals surface area (Å²) in [4.78, 5) is 26.1. The number of nitrogens with one attached hydrogen (secondary N) is 1. The van der Waals surface area contributed by atoms with Gasteiger partial charge in [-0.2, -0.15) is 0 Å². The first-order chi connectivity index (χ1) is 11.4. The SMILES string of the molecule is CCc1cccc(C)c1NC(=O)CN(C(C)=O)c1ccccc1C. The average molecular weight is 324 g/mol. The van der Waals surface area contributed by atoms with Gasteiger partial charge in [-0.05, 0) is 43.0 Å². The molecule has 24 heavy (non-hydrogen) atoms. The lowest BCUT2D eigenvalue weighted by molar-refractivity contribution is -0.120. The molecular weight excluding hydrogens is 300 g/mol. The highest BCUT2D eigenvalue weighted by atomic mass is 16.2. The molecule has 0 heterocycles. The van der Waals surface area contributed by atoms with Gasteiger partial charge < -0.3 is 10.2 Å². The first-order valence-electron chi connectivity index (χ1n) is 8.16. The van der Waals surface area contributed by atoms with E-state index in [4.69, 9.17) is 0 Å². The van der Waals surface area contributed by atoms with Gasteiger partial charge in [-0.1, -0.05) is 43.3 Å². The number of anilines is 2. The van der Waals surface area contributed by atoms with Crippen molar-refractivity contribution in [3.8, 4) is 0 Å². The molecule has 4 heteroatoms. The fourth-order valence-electron chi connectivity index (χ4n) is 2.76. The van der Waals surface area contributed by atoms with E-state index >= 15 is 0 Å². The Balaban J connectivity index is 2.21. The highest BCUT2D eigenvalue weighted by Gasteiger charge is 2.18. The van der Waals surface area contributed by atoms with Gasteiger partial charge in [0.25, 0.3) is 0 Å². The third kappa shape index (κ3) is 4.02. The van der Waals surface area contributed by atoms with Crippen molar-refractivity contribution in [1.29, 1.82) is 0 Å². The van der Waals surface area contributed by atoms with Crippen molar-refractivity contribution >= 4 is 23.2 Å². The van der Waals surface area contributed by atoms with Crippen LogP contribution in [0.1, 0.15) is 30.5 Å². The number of aryl methyl sites for hydroxylation is 3. The maximum absolute atomic E-state index is 12.5. The molecule has 0 spiro atoms. The second-order valence-corrected chi connectivity index (χ2v) is 5.90. The van der Waals surface area contributed by atoms with Gasteiger partial charge in [0.05, 0.1) is 0 Å². The number of para-hydroxylation sites is 2. The highest BCUT2D eigenvalue weighted by Crippen LogP contribution is 2.22. The second-order valence-electron chi connectivity index (χ2n) is 5.90. The van der Waals surface area contributed by atoms with Crippen molar-refractivity contribution in [3.05, 3.63) is 59.2 Å². The molecule has 0 bridgehead atoms. The van der Waals surface area contributed by atoms with Crippen LogP contribution >= 0.6 is 0 Å². The first-order valence-corrected chi connectivity index (χ1v) is 8.16. The van der Waals surface area contributed by atoms with Crippen molar-refractivity contribution in [2.24, 2.45) is 0 Å². The normalized spacial score (nSPS) is 10.3. The molecule has 0 aromatic heterocycles. The molecule has 4 nitrogen and oxygen atoms in total. The Morgan fingerprint density at radius 1 is 1.00 bits per heavy atom. The lowest BCUT2D eigenvalue weighted by Crippen LogP contribution is -2.37. The van der Waals surface area contributed by atoms with Crippen LogP contribution in [0.3, 0.4) is 0 Å². The predicted molar refractivity (Wildman–Crippen MR) is 98.4 cm³/mol. The number of nitrogens with zero attached hydrogens (tertiary/aromatic N) is 1. The van der Waals surface area contributed by atoms with E-state index < -0.39 is 0 Å². The van der Waals surface area contributed by atoms with E-state index in [1.807, 2.05) is 56.3 Å². The molecule has 0 radical (unpaired) electrons. The maximum Gasteiger partial charge on any atom is 0.244 e. The Hall–Kier alpha value is -2.62. The molecule has 0 atom stereocenters. The van der Waals surface area contributed by atoms with Gasteiger partial charge in [0, 0.05) is 18.3 Å². The Labute approximate surface area is 143 Å². The maximum atomic E-state index is 12.5. The van der Waals surface area contributed by atoms with Gasteiger partial charge in [0.15, 0.2) is 0 Å². The molecular formula is C20H24N2O2. The minimum Gasteiger partial charge on any atom is -0.324 e. The van der Waals surface area contributed by atoms with Crippen LogP contribution < -0.4 is 10.2 Å². The summed E-state index contributed by atoms with van der Waals surface area (Å²) in [6, 6.07) is 13.5. The van der Waals surface area contributed by atoms with Gasteiger partial charge in [-0.25, -0.2) is 0 Å². The van der Waals surface area contributed by atoms with Crippen LogP contribution in [-0.4, -0.2) is 18.4 Å². The average Bonchev–Trinajstić information content (AvgIpc) is 2.55. The fraction of sp³-hybridized carbons (Fsp3) is 0.300. The Bertz CT molecular complexity index is 753. The first kappa shape index (κ1) is 17.7. The number of carbonyl (C=O) groups is 2. The summed E-state index contributed by atoms with van der Waals surface area (Å²) in [5, 5.41) is 2.97. The number of carbonyl (C=O) groups excluding carboxylic acids is 2. The van der Waals surface area contributed by atoms with E-state index in [2.05, 4.69) is 12.2 Å². The zero-order valence-corrected chi connectivity index (χ0v) is 14.7. The lowest BCUT2D eigenvalue weighted by atomic mass is 10.1. The molecule has 0 aliphatic heterocycles. The van der Waals surface area contributed by atoms with E-state index in [0.717, 1.165) is 34.5 Å². The van der Waals surface area contributed by atoms with Crippen molar-refractivity contribution < 1.29 is 9.59 Å². The summed E-state index contributed by atoms with van der Waals surface area (Å²) in [6.45, 7) is 7.43. The van der Waals surface area contributed by atoms with Crippen LogP contribution in [0.2, 0.25) is 0 Å². The smallest absolute Gasteiger partial charge is 0.244 e. The monoisotopic (exact) mass is 324 g/mol. The quantitative estimate of drug-likeness (QED) is 0.908. The summed E-state index contributed by atoms with van der Waals surface area (Å²) in [7, 11) is 0. The number of rotatable bonds is 5. The van der Waals surface area contributed by atoms with Gasteiger partial charge in [0.1, 0.15) is 6.54 Å². The summed E-state index contributed by atoms with van der Waals surface area (Å²) in [6.07, 6.45) is 0.839. The minimum atomic E-state index is -0.197. The molecule has 0 unspecified atom stereocenters. The summed E-state index contributed by atoms with van der Waals surface area (Å²) < 4.78 is 0. The molecule has 0 aliphatic carbocycles. The Kier molecular flexibility index (Phi) is 5.74. The summed E-state index contributed by atoms with van der Waals surface area (Å²) in [5.74, 6) is -0.350. The molecule has 1 N–H and O–H groups in total. The van der Waals surface area contributed by atoms with Crippen LogP contribution in [-0.2, 0) is 16.0 Å². The van der Waals surface area contributed by atoms with Gasteiger partial charge in [-0.3, -0.25) is 9.59 Å². The molecule has 0 aliphatic rings. The van der Waals surface area contributed by atoms with E-state index in [1.165, 1.54) is 11.8 Å². The molecule has 2 aromatic carbocycles. The highest BCUT2D eigenvalue weighted by molar-refractivity contribution is 6.02. The minimum absolute atomic E-state index is 0.00231. The summed E-state index contributed by atoms with van der Waals surface area (Å²) in [5.41, 5.74) is 4.69. The van der Waals surface area contributed by atoms with E-state index in [9.17, 15) is 9.59 Å². The molecule has 2 rings (SSSR count). The molecule has 2 amide bonds. The predicted octanol–water partition coefficient (Wildman–Crippen LogP) is 3.86. The standard InChI is InChI=1S/C20H24N2O2/c1-5-17-11-8-10-15(3)20(17)21-19(24)13-22(16(4)23)18-12-7-6-9-14(18)2/h6-12H,5,13H2,1-4H3,(H,21,24). The van der Waals surface area contributed by atoms with Crippen molar-refractivity contribution in [2.45, 2.75) is 34.1 Å². The molecule has 126 valence electrons. The topological polar surface area (TPSA) is 49.4 Å². The lowest BCUT2D eigenvalue weighted by Gasteiger charge is -2.23. The van der Waals surface area contributed by atoms with Crippen LogP contribution in [0.25, 0.3) is 0 Å². The second kappa shape index (κ2) is 7.77. The largest absolute Gasteiger partial charge is 0.324 e. The van der Waals surface area contributed by atoms with Crippen LogP contribution in [0.4, 0.5) is 11.4 Å². The van der Waals surface area contributed by atoms with Crippen molar-refractivity contribution in [2.75, 3.05) is 16.8 Å². The third-order valence-corrected chi connectivity index (χ3v) is 4.09. The van der Waals surface area contributed by atoms with Crippen molar-refractivity contribution in [3.63, 3.8) is 0 Å². The van der Waals surface area contributed by atoms with Crippen LogP contribution in [0.15, 0.2) is 42.5 Å². The Morgan fingerprint density at radius 2 is 1.67 bits per heavy atom. The van der Waals surface area contributed by atoms with E-state index in [1.54, 1.807) is 0 Å². The zero-order chi connectivity index (χ0) is 17.7.